The van der Waals surface area contributed by atoms with Gasteiger partial charge in [0.1, 0.15) is 12.8 Å². The Morgan fingerprint density at radius 3 is 2.80 bits per heavy atom. The van der Waals surface area contributed by atoms with Crippen LogP contribution in [0.2, 0.25) is 0 Å². The summed E-state index contributed by atoms with van der Waals surface area (Å²) in [4.78, 5) is 11.3. The molecule has 1 aromatic rings. The number of amides is 1. The molecule has 5 nitrogen and oxygen atoms in total. The molecule has 0 aliphatic rings. The van der Waals surface area contributed by atoms with Gasteiger partial charge in [-0.3, -0.25) is 4.79 Å². The van der Waals surface area contributed by atoms with Crippen LogP contribution in [-0.2, 0) is 14.3 Å². The minimum atomic E-state index is -0.478. The van der Waals surface area contributed by atoms with Crippen molar-refractivity contribution in [1.82, 2.24) is 5.32 Å². The number of nitrogens with two attached hydrogens (primary N) is 1. The van der Waals surface area contributed by atoms with Crippen LogP contribution < -0.4 is 11.1 Å². The molecule has 108 valence electrons. The van der Waals surface area contributed by atoms with E-state index in [2.05, 4.69) is 17.2 Å². The first-order valence-corrected chi connectivity index (χ1v) is 6.40. The summed E-state index contributed by atoms with van der Waals surface area (Å²) in [5, 5.41) is 2.61. The van der Waals surface area contributed by atoms with Crippen LogP contribution in [0.15, 0.2) is 30.3 Å². The highest BCUT2D eigenvalue weighted by Gasteiger charge is 2.05. The van der Waals surface area contributed by atoms with Gasteiger partial charge in [-0.1, -0.05) is 36.3 Å². The maximum Gasteiger partial charge on any atom is 0.246 e. The van der Waals surface area contributed by atoms with Gasteiger partial charge in [-0.25, -0.2) is 0 Å². The predicted octanol–water partition coefficient (Wildman–Crippen LogP) is 0.817. The largest absolute Gasteiger partial charge is 0.369 e. The Hall–Kier alpha value is -1.87. The summed E-state index contributed by atoms with van der Waals surface area (Å²) in [6.07, 6.45) is -0.478. The molecule has 0 radical (unpaired) electrons. The normalized spacial score (nSPS) is 11.3. The maximum absolute atomic E-state index is 11.3. The van der Waals surface area contributed by atoms with Crippen molar-refractivity contribution in [2.75, 3.05) is 26.4 Å². The molecule has 1 unspecified atom stereocenters. The number of rotatable bonds is 8. The zero-order valence-electron chi connectivity index (χ0n) is 11.6. The first-order chi connectivity index (χ1) is 9.74. The molecule has 1 rings (SSSR count). The lowest BCUT2D eigenvalue weighted by molar-refractivity contribution is -0.126. The molecule has 0 aliphatic heterocycles. The highest BCUT2D eigenvalue weighted by molar-refractivity contribution is 5.77. The smallest absolute Gasteiger partial charge is 0.246 e. The molecule has 0 fully saturated rings. The van der Waals surface area contributed by atoms with Gasteiger partial charge in [0.25, 0.3) is 0 Å². The van der Waals surface area contributed by atoms with Gasteiger partial charge >= 0.3 is 0 Å². The van der Waals surface area contributed by atoms with Crippen molar-refractivity contribution in [3.05, 3.63) is 35.9 Å². The Labute approximate surface area is 119 Å². The number of ether oxygens (including phenoxy) is 2. The molecule has 5 heteroatoms. The standard InChI is InChI=1S/C15H20N2O3/c1-2-3-9-17-14(18)12-19-10-11-20-15(16)13-7-5-4-6-8-13/h4-8,15H,9-12,16H2,1H3,(H,17,18). The van der Waals surface area contributed by atoms with Crippen LogP contribution >= 0.6 is 0 Å². The molecule has 0 saturated heterocycles. The van der Waals surface area contributed by atoms with E-state index in [1.807, 2.05) is 30.3 Å². The second-order valence-electron chi connectivity index (χ2n) is 3.96. The van der Waals surface area contributed by atoms with Gasteiger partial charge < -0.3 is 20.5 Å². The van der Waals surface area contributed by atoms with Gasteiger partial charge in [0.05, 0.1) is 19.8 Å². The van der Waals surface area contributed by atoms with Crippen molar-refractivity contribution in [1.29, 1.82) is 0 Å². The molecule has 1 amide bonds. The molecular weight excluding hydrogens is 256 g/mol. The topological polar surface area (TPSA) is 73.6 Å². The van der Waals surface area contributed by atoms with Gasteiger partial charge in [-0.05, 0) is 12.5 Å². The Balaban J connectivity index is 2.07. The van der Waals surface area contributed by atoms with E-state index in [9.17, 15) is 4.79 Å². The average Bonchev–Trinajstić information content (AvgIpc) is 2.48. The molecule has 1 atom stereocenters. The predicted molar refractivity (Wildman–Crippen MR) is 76.6 cm³/mol. The molecule has 20 heavy (non-hydrogen) atoms. The third kappa shape index (κ3) is 6.90. The number of carbonyl (C=O) groups is 1. The van der Waals surface area contributed by atoms with Gasteiger partial charge in [-0.2, -0.15) is 0 Å². The second kappa shape index (κ2) is 9.98. The summed E-state index contributed by atoms with van der Waals surface area (Å²) < 4.78 is 10.6. The summed E-state index contributed by atoms with van der Waals surface area (Å²) in [6, 6.07) is 9.51. The summed E-state index contributed by atoms with van der Waals surface area (Å²) >= 11 is 0. The number of hydrogen-bond acceptors (Lipinski definition) is 4. The average molecular weight is 276 g/mol. The van der Waals surface area contributed by atoms with Crippen molar-refractivity contribution in [2.45, 2.75) is 13.2 Å². The zero-order chi connectivity index (χ0) is 14.6. The first-order valence-electron chi connectivity index (χ1n) is 6.40. The van der Waals surface area contributed by atoms with Crippen LogP contribution in [0, 0.1) is 11.8 Å². The van der Waals surface area contributed by atoms with E-state index in [0.29, 0.717) is 19.8 Å². The lowest BCUT2D eigenvalue weighted by Crippen LogP contribution is -2.28. The van der Waals surface area contributed by atoms with Crippen molar-refractivity contribution >= 4 is 5.91 Å². The van der Waals surface area contributed by atoms with Gasteiger partial charge in [0.2, 0.25) is 5.91 Å². The Bertz CT molecular complexity index is 451. The second-order valence-corrected chi connectivity index (χ2v) is 3.96. The molecule has 1 aromatic carbocycles. The first kappa shape index (κ1) is 16.2. The lowest BCUT2D eigenvalue weighted by Gasteiger charge is -2.13. The molecule has 0 aromatic heterocycles. The van der Waals surface area contributed by atoms with E-state index in [1.165, 1.54) is 0 Å². The molecule has 0 heterocycles. The monoisotopic (exact) mass is 276 g/mol. The third-order valence-corrected chi connectivity index (χ3v) is 2.44. The minimum Gasteiger partial charge on any atom is -0.369 e. The van der Waals surface area contributed by atoms with Gasteiger partial charge in [0, 0.05) is 0 Å². The van der Waals surface area contributed by atoms with Crippen LogP contribution in [0.1, 0.15) is 18.7 Å². The fraction of sp³-hybridized carbons (Fsp3) is 0.400. The Kier molecular flexibility index (Phi) is 8.08. The Morgan fingerprint density at radius 1 is 1.35 bits per heavy atom. The van der Waals surface area contributed by atoms with Crippen LogP contribution in [0.3, 0.4) is 0 Å². The maximum atomic E-state index is 11.3. The van der Waals surface area contributed by atoms with E-state index in [4.69, 9.17) is 15.2 Å². The fourth-order valence-electron chi connectivity index (χ4n) is 1.42. The van der Waals surface area contributed by atoms with Crippen molar-refractivity contribution in [2.24, 2.45) is 5.73 Å². The highest BCUT2D eigenvalue weighted by Crippen LogP contribution is 2.09. The fourth-order valence-corrected chi connectivity index (χ4v) is 1.42. The molecule has 3 N–H and O–H groups in total. The highest BCUT2D eigenvalue weighted by atomic mass is 16.5. The van der Waals surface area contributed by atoms with Crippen LogP contribution in [0.25, 0.3) is 0 Å². The molecule has 0 bridgehead atoms. The SMILES string of the molecule is CC#CCNC(=O)COCCOC(N)c1ccccc1. The quantitative estimate of drug-likeness (QED) is 0.419. The summed E-state index contributed by atoms with van der Waals surface area (Å²) in [5.74, 6) is 5.23. The van der Waals surface area contributed by atoms with Crippen LogP contribution in [0.4, 0.5) is 0 Å². The number of nitrogens with one attached hydrogen (secondary N) is 1. The van der Waals surface area contributed by atoms with E-state index in [1.54, 1.807) is 6.92 Å². The molecule has 0 aliphatic carbocycles. The summed E-state index contributed by atoms with van der Waals surface area (Å²) in [7, 11) is 0. The lowest BCUT2D eigenvalue weighted by atomic mass is 10.2. The van der Waals surface area contributed by atoms with Crippen LogP contribution in [-0.4, -0.2) is 32.3 Å². The Morgan fingerprint density at radius 2 is 2.10 bits per heavy atom. The van der Waals surface area contributed by atoms with E-state index in [-0.39, 0.29) is 12.5 Å². The van der Waals surface area contributed by atoms with Crippen molar-refractivity contribution in [3.63, 3.8) is 0 Å². The van der Waals surface area contributed by atoms with E-state index >= 15 is 0 Å². The molecule has 0 spiro atoms. The third-order valence-electron chi connectivity index (χ3n) is 2.44. The molecular formula is C15H20N2O3. The van der Waals surface area contributed by atoms with Gasteiger partial charge in [0.15, 0.2) is 0 Å². The van der Waals surface area contributed by atoms with Crippen molar-refractivity contribution < 1.29 is 14.3 Å². The summed E-state index contributed by atoms with van der Waals surface area (Å²) in [5.41, 5.74) is 6.75. The van der Waals surface area contributed by atoms with Crippen molar-refractivity contribution in [3.8, 4) is 11.8 Å². The van der Waals surface area contributed by atoms with Crippen LogP contribution in [0.5, 0.6) is 0 Å². The zero-order valence-corrected chi connectivity index (χ0v) is 11.6. The number of carbonyl (C=O) groups excluding carboxylic acids is 1. The van der Waals surface area contributed by atoms with E-state index < -0.39 is 6.23 Å². The minimum absolute atomic E-state index is 0.00463. The molecule has 0 saturated carbocycles. The number of hydrogen-bond donors (Lipinski definition) is 2. The van der Waals surface area contributed by atoms with E-state index in [0.717, 1.165) is 5.56 Å². The number of benzene rings is 1. The van der Waals surface area contributed by atoms with Gasteiger partial charge in [-0.15, -0.1) is 5.92 Å². The summed E-state index contributed by atoms with van der Waals surface area (Å²) in [6.45, 7) is 2.70.